The number of rotatable bonds is 5. The van der Waals surface area contributed by atoms with Crippen molar-refractivity contribution >= 4 is 23.7 Å². The molecule has 0 atom stereocenters. The van der Waals surface area contributed by atoms with E-state index in [1.54, 1.807) is 30.5 Å². The molecule has 0 saturated carbocycles. The average molecular weight is 420 g/mol. The molecule has 2 aromatic carbocycles. The number of amides is 1. The van der Waals surface area contributed by atoms with Gasteiger partial charge in [-0.25, -0.2) is 10.1 Å². The van der Waals surface area contributed by atoms with Gasteiger partial charge in [-0.15, -0.1) is 5.10 Å². The Morgan fingerprint density at radius 2 is 1.77 bits per heavy atom. The summed E-state index contributed by atoms with van der Waals surface area (Å²) in [7, 11) is 0. The largest absolute Gasteiger partial charge is 0.318 e. The molecule has 4 aromatic rings. The minimum absolute atomic E-state index is 0.305. The van der Waals surface area contributed by atoms with Gasteiger partial charge in [-0.05, 0) is 78.9 Å². The van der Waals surface area contributed by atoms with E-state index < -0.39 is 0 Å². The van der Waals surface area contributed by atoms with Crippen molar-refractivity contribution in [1.29, 1.82) is 0 Å². The molecule has 0 fully saturated rings. The number of aryl methyl sites for hydroxylation is 1. The molecule has 0 saturated heterocycles. The van der Waals surface area contributed by atoms with Crippen molar-refractivity contribution in [2.75, 3.05) is 0 Å². The maximum absolute atomic E-state index is 12.4. The second-order valence-electron chi connectivity index (χ2n) is 6.64. The summed E-state index contributed by atoms with van der Waals surface area (Å²) in [5, 5.41) is 15.8. The smallest absolute Gasteiger partial charge is 0.271 e. The van der Waals surface area contributed by atoms with E-state index in [2.05, 4.69) is 30.6 Å². The molecule has 0 aliphatic rings. The van der Waals surface area contributed by atoms with Crippen LogP contribution in [0.3, 0.4) is 0 Å². The second kappa shape index (κ2) is 8.30. The normalized spacial score (nSPS) is 11.2. The van der Waals surface area contributed by atoms with Crippen LogP contribution in [0, 0.1) is 13.8 Å². The van der Waals surface area contributed by atoms with Crippen molar-refractivity contribution in [3.8, 4) is 11.4 Å². The predicted molar refractivity (Wildman–Crippen MR) is 114 cm³/mol. The fourth-order valence-electron chi connectivity index (χ4n) is 3.18. The molecule has 4 rings (SSSR count). The number of halogens is 1. The predicted octanol–water partition coefficient (Wildman–Crippen LogP) is 3.49. The molecule has 0 aliphatic carbocycles. The molecule has 2 heterocycles. The topological polar surface area (TPSA) is 90.0 Å². The van der Waals surface area contributed by atoms with Crippen LogP contribution in [-0.2, 0) is 0 Å². The summed E-state index contributed by atoms with van der Waals surface area (Å²) in [6, 6.07) is 16.5. The molecular formula is C21H18ClN7O. The Balaban J connectivity index is 1.46. The number of tetrazole rings is 1. The summed E-state index contributed by atoms with van der Waals surface area (Å²) < 4.78 is 3.62. The minimum atomic E-state index is -0.305. The van der Waals surface area contributed by atoms with Gasteiger partial charge in [0.15, 0.2) is 0 Å². The Hall–Kier alpha value is -3.78. The van der Waals surface area contributed by atoms with E-state index in [-0.39, 0.29) is 5.91 Å². The van der Waals surface area contributed by atoms with Crippen molar-refractivity contribution in [3.05, 3.63) is 88.5 Å². The highest BCUT2D eigenvalue weighted by molar-refractivity contribution is 6.30. The van der Waals surface area contributed by atoms with Crippen molar-refractivity contribution in [1.82, 2.24) is 30.2 Å². The standard InChI is InChI=1S/C21H18ClN7O/c1-14-11-17(15(2)29(14)20-9-5-18(22)6-10-20)12-23-25-21(30)16-3-7-19(8-4-16)28-13-24-26-27-28/h3-13H,1-2H3,(H,25,30)/b23-12+. The fourth-order valence-corrected chi connectivity index (χ4v) is 3.30. The minimum Gasteiger partial charge on any atom is -0.318 e. The van der Waals surface area contributed by atoms with Gasteiger partial charge in [-0.2, -0.15) is 5.10 Å². The van der Waals surface area contributed by atoms with E-state index in [0.717, 1.165) is 28.3 Å². The molecular weight excluding hydrogens is 402 g/mol. The monoisotopic (exact) mass is 419 g/mol. The number of hydrazone groups is 1. The maximum atomic E-state index is 12.4. The van der Waals surface area contributed by atoms with Crippen LogP contribution in [0.25, 0.3) is 11.4 Å². The van der Waals surface area contributed by atoms with Crippen LogP contribution in [-0.4, -0.2) is 36.9 Å². The Morgan fingerprint density at radius 1 is 1.07 bits per heavy atom. The Bertz CT molecular complexity index is 1190. The number of carbonyl (C=O) groups is 1. The molecule has 0 radical (unpaired) electrons. The van der Waals surface area contributed by atoms with Crippen molar-refractivity contribution in [3.63, 3.8) is 0 Å². The summed E-state index contributed by atoms with van der Waals surface area (Å²) in [6.45, 7) is 4.02. The number of aromatic nitrogens is 5. The van der Waals surface area contributed by atoms with Gasteiger partial charge in [-0.1, -0.05) is 11.6 Å². The van der Waals surface area contributed by atoms with Gasteiger partial charge in [0.1, 0.15) is 6.33 Å². The zero-order chi connectivity index (χ0) is 21.1. The molecule has 2 aromatic heterocycles. The molecule has 150 valence electrons. The third-order valence-electron chi connectivity index (χ3n) is 4.67. The third kappa shape index (κ3) is 3.99. The van der Waals surface area contributed by atoms with Gasteiger partial charge in [-0.3, -0.25) is 4.79 Å². The lowest BCUT2D eigenvalue weighted by Crippen LogP contribution is -2.17. The van der Waals surface area contributed by atoms with Gasteiger partial charge < -0.3 is 4.57 Å². The summed E-state index contributed by atoms with van der Waals surface area (Å²) in [5.74, 6) is -0.305. The first-order valence-electron chi connectivity index (χ1n) is 9.14. The first-order chi connectivity index (χ1) is 14.5. The number of hydrogen-bond acceptors (Lipinski definition) is 5. The molecule has 0 aliphatic heterocycles. The number of hydrogen-bond donors (Lipinski definition) is 1. The second-order valence-corrected chi connectivity index (χ2v) is 7.08. The van der Waals surface area contributed by atoms with E-state index in [9.17, 15) is 4.79 Å². The van der Waals surface area contributed by atoms with Crippen LogP contribution in [0.5, 0.6) is 0 Å². The van der Waals surface area contributed by atoms with E-state index >= 15 is 0 Å². The molecule has 30 heavy (non-hydrogen) atoms. The SMILES string of the molecule is Cc1cc(/C=N/NC(=O)c2ccc(-n3cnnn3)cc2)c(C)n1-c1ccc(Cl)cc1. The molecule has 9 heteroatoms. The molecule has 0 unspecified atom stereocenters. The van der Waals surface area contributed by atoms with Gasteiger partial charge in [0.05, 0.1) is 11.9 Å². The highest BCUT2D eigenvalue weighted by Crippen LogP contribution is 2.21. The van der Waals surface area contributed by atoms with Crippen LogP contribution in [0.1, 0.15) is 27.3 Å². The van der Waals surface area contributed by atoms with E-state index in [0.29, 0.717) is 10.6 Å². The maximum Gasteiger partial charge on any atom is 0.271 e. The highest BCUT2D eigenvalue weighted by atomic mass is 35.5. The van der Waals surface area contributed by atoms with E-state index in [4.69, 9.17) is 11.6 Å². The van der Waals surface area contributed by atoms with Gasteiger partial charge >= 0.3 is 0 Å². The van der Waals surface area contributed by atoms with E-state index in [1.165, 1.54) is 11.0 Å². The van der Waals surface area contributed by atoms with Gasteiger partial charge in [0.2, 0.25) is 0 Å². The van der Waals surface area contributed by atoms with Crippen LogP contribution >= 0.6 is 11.6 Å². The van der Waals surface area contributed by atoms with Crippen LogP contribution < -0.4 is 5.43 Å². The number of benzene rings is 2. The average Bonchev–Trinajstić information content (AvgIpc) is 3.38. The Labute approximate surface area is 177 Å². The van der Waals surface area contributed by atoms with E-state index in [1.807, 2.05) is 44.2 Å². The van der Waals surface area contributed by atoms with Gasteiger partial charge in [0.25, 0.3) is 5.91 Å². The van der Waals surface area contributed by atoms with Crippen LogP contribution in [0.2, 0.25) is 5.02 Å². The fraction of sp³-hybridized carbons (Fsp3) is 0.0952. The summed E-state index contributed by atoms with van der Waals surface area (Å²) in [6.07, 6.45) is 3.13. The van der Waals surface area contributed by atoms with Crippen LogP contribution in [0.15, 0.2) is 66.0 Å². The summed E-state index contributed by atoms with van der Waals surface area (Å²) in [4.78, 5) is 12.4. The zero-order valence-corrected chi connectivity index (χ0v) is 17.1. The molecule has 8 nitrogen and oxygen atoms in total. The number of nitrogens with zero attached hydrogens (tertiary/aromatic N) is 6. The van der Waals surface area contributed by atoms with Crippen molar-refractivity contribution < 1.29 is 4.79 Å². The number of nitrogens with one attached hydrogen (secondary N) is 1. The van der Waals surface area contributed by atoms with Crippen molar-refractivity contribution in [2.24, 2.45) is 5.10 Å². The lowest BCUT2D eigenvalue weighted by atomic mass is 10.2. The molecule has 1 N–H and O–H groups in total. The first kappa shape index (κ1) is 19.5. The highest BCUT2D eigenvalue weighted by Gasteiger charge is 2.10. The number of carbonyl (C=O) groups excluding carboxylic acids is 1. The molecule has 1 amide bonds. The molecule has 0 bridgehead atoms. The van der Waals surface area contributed by atoms with Gasteiger partial charge in [0, 0.05) is 33.2 Å². The zero-order valence-electron chi connectivity index (χ0n) is 16.3. The lowest BCUT2D eigenvalue weighted by molar-refractivity contribution is 0.0955. The van der Waals surface area contributed by atoms with Crippen LogP contribution in [0.4, 0.5) is 0 Å². The third-order valence-corrected chi connectivity index (χ3v) is 4.92. The van der Waals surface area contributed by atoms with Crippen molar-refractivity contribution in [2.45, 2.75) is 13.8 Å². The molecule has 0 spiro atoms. The first-order valence-corrected chi connectivity index (χ1v) is 9.52. The summed E-state index contributed by atoms with van der Waals surface area (Å²) >= 11 is 5.99. The summed E-state index contributed by atoms with van der Waals surface area (Å²) in [5.41, 5.74) is 7.80. The quantitative estimate of drug-likeness (QED) is 0.396. The Kier molecular flexibility index (Phi) is 5.40. The Morgan fingerprint density at radius 3 is 2.43 bits per heavy atom. The lowest BCUT2D eigenvalue weighted by Gasteiger charge is -2.09.